The first-order valence-corrected chi connectivity index (χ1v) is 5.12. The zero-order valence-corrected chi connectivity index (χ0v) is 9.15. The molecular formula is C13H9F2NO2. The Morgan fingerprint density at radius 1 is 1.06 bits per heavy atom. The van der Waals surface area contributed by atoms with E-state index >= 15 is 0 Å². The third-order valence-corrected chi connectivity index (χ3v) is 2.31. The fourth-order valence-corrected chi connectivity index (χ4v) is 1.39. The molecule has 18 heavy (non-hydrogen) atoms. The molecule has 2 N–H and O–H groups in total. The Morgan fingerprint density at radius 3 is 2.33 bits per heavy atom. The van der Waals surface area contributed by atoms with Crippen molar-refractivity contribution < 1.29 is 18.7 Å². The highest BCUT2D eigenvalue weighted by Gasteiger charge is 2.08. The van der Waals surface area contributed by atoms with E-state index in [1.165, 1.54) is 18.2 Å². The molecule has 0 atom stereocenters. The van der Waals surface area contributed by atoms with Crippen LogP contribution in [0.15, 0.2) is 42.5 Å². The van der Waals surface area contributed by atoms with Crippen molar-refractivity contribution in [3.8, 4) is 5.75 Å². The Kier molecular flexibility index (Phi) is 3.23. The highest BCUT2D eigenvalue weighted by Crippen LogP contribution is 2.19. The molecule has 0 aliphatic carbocycles. The lowest BCUT2D eigenvalue weighted by atomic mass is 10.2. The van der Waals surface area contributed by atoms with Crippen LogP contribution in [-0.4, -0.2) is 11.0 Å². The molecule has 0 radical (unpaired) electrons. The molecule has 0 saturated carbocycles. The van der Waals surface area contributed by atoms with Crippen LogP contribution in [-0.2, 0) is 0 Å². The van der Waals surface area contributed by atoms with Gasteiger partial charge in [0.15, 0.2) is 11.6 Å². The van der Waals surface area contributed by atoms with E-state index in [1.54, 1.807) is 0 Å². The summed E-state index contributed by atoms with van der Waals surface area (Å²) in [6.45, 7) is 0. The summed E-state index contributed by atoms with van der Waals surface area (Å²) in [5, 5.41) is 11.4. The van der Waals surface area contributed by atoms with Gasteiger partial charge in [0.05, 0.1) is 0 Å². The summed E-state index contributed by atoms with van der Waals surface area (Å²) in [6, 6.07) is 8.45. The summed E-state index contributed by atoms with van der Waals surface area (Å²) in [7, 11) is 0. The van der Waals surface area contributed by atoms with Gasteiger partial charge in [-0.15, -0.1) is 0 Å². The molecule has 0 spiro atoms. The number of benzene rings is 2. The van der Waals surface area contributed by atoms with Gasteiger partial charge in [0.1, 0.15) is 5.82 Å². The first-order valence-electron chi connectivity index (χ1n) is 5.12. The number of phenolic OH excluding ortho intramolecular Hbond substituents is 1. The molecule has 2 rings (SSSR count). The van der Waals surface area contributed by atoms with Crippen molar-refractivity contribution in [3.05, 3.63) is 59.7 Å². The van der Waals surface area contributed by atoms with E-state index in [4.69, 9.17) is 5.11 Å². The highest BCUT2D eigenvalue weighted by atomic mass is 19.1. The number of anilines is 1. The molecule has 0 aromatic heterocycles. The van der Waals surface area contributed by atoms with Crippen molar-refractivity contribution in [2.75, 3.05) is 5.32 Å². The highest BCUT2D eigenvalue weighted by molar-refractivity contribution is 6.04. The zero-order chi connectivity index (χ0) is 13.1. The predicted molar refractivity (Wildman–Crippen MR) is 62.4 cm³/mol. The van der Waals surface area contributed by atoms with Gasteiger partial charge in [0.25, 0.3) is 5.91 Å². The molecule has 2 aromatic carbocycles. The van der Waals surface area contributed by atoms with E-state index in [0.717, 1.165) is 24.3 Å². The predicted octanol–water partition coefficient (Wildman–Crippen LogP) is 2.92. The summed E-state index contributed by atoms with van der Waals surface area (Å²) in [5.74, 6) is -2.25. The minimum Gasteiger partial charge on any atom is -0.505 e. The maximum Gasteiger partial charge on any atom is 0.255 e. The fourth-order valence-electron chi connectivity index (χ4n) is 1.39. The number of carbonyl (C=O) groups excluding carboxylic acids is 1. The van der Waals surface area contributed by atoms with Gasteiger partial charge in [0, 0.05) is 17.3 Å². The smallest absolute Gasteiger partial charge is 0.255 e. The van der Waals surface area contributed by atoms with Gasteiger partial charge < -0.3 is 10.4 Å². The van der Waals surface area contributed by atoms with Crippen LogP contribution < -0.4 is 5.32 Å². The number of nitrogens with one attached hydrogen (secondary N) is 1. The SMILES string of the molecule is O=C(Nc1ccc(O)c(F)c1)c1ccc(F)cc1. The average Bonchev–Trinajstić information content (AvgIpc) is 2.34. The molecule has 0 fully saturated rings. The first-order chi connectivity index (χ1) is 8.56. The van der Waals surface area contributed by atoms with Crippen molar-refractivity contribution in [3.63, 3.8) is 0 Å². The van der Waals surface area contributed by atoms with Crippen molar-refractivity contribution in [2.24, 2.45) is 0 Å². The molecule has 3 nitrogen and oxygen atoms in total. The number of carbonyl (C=O) groups is 1. The summed E-state index contributed by atoms with van der Waals surface area (Å²) in [5.41, 5.74) is 0.463. The largest absolute Gasteiger partial charge is 0.505 e. The Labute approximate surface area is 102 Å². The summed E-state index contributed by atoms with van der Waals surface area (Å²) in [6.07, 6.45) is 0. The van der Waals surface area contributed by atoms with Gasteiger partial charge in [-0.25, -0.2) is 8.78 Å². The van der Waals surface area contributed by atoms with Gasteiger partial charge in [-0.3, -0.25) is 4.79 Å². The lowest BCUT2D eigenvalue weighted by Crippen LogP contribution is -2.11. The van der Waals surface area contributed by atoms with Crippen LogP contribution >= 0.6 is 0 Å². The lowest BCUT2D eigenvalue weighted by Gasteiger charge is -2.05. The molecule has 1 amide bonds. The molecular weight excluding hydrogens is 240 g/mol. The second kappa shape index (κ2) is 4.83. The minimum atomic E-state index is -0.827. The van der Waals surface area contributed by atoms with E-state index < -0.39 is 23.3 Å². The van der Waals surface area contributed by atoms with Gasteiger partial charge in [-0.1, -0.05) is 0 Å². The molecule has 0 aliphatic heterocycles. The number of hydrogen-bond acceptors (Lipinski definition) is 2. The van der Waals surface area contributed by atoms with Gasteiger partial charge in [0.2, 0.25) is 0 Å². The van der Waals surface area contributed by atoms with Crippen molar-refractivity contribution >= 4 is 11.6 Å². The number of amides is 1. The third-order valence-electron chi connectivity index (χ3n) is 2.31. The summed E-state index contributed by atoms with van der Waals surface area (Å²) < 4.78 is 25.7. The first kappa shape index (κ1) is 12.0. The van der Waals surface area contributed by atoms with E-state index in [1.807, 2.05) is 0 Å². The van der Waals surface area contributed by atoms with Crippen LogP contribution in [0.5, 0.6) is 5.75 Å². The number of hydrogen-bond donors (Lipinski definition) is 2. The average molecular weight is 249 g/mol. The van der Waals surface area contributed by atoms with Crippen LogP contribution in [0.1, 0.15) is 10.4 Å². The number of halogens is 2. The minimum absolute atomic E-state index is 0.208. The molecule has 0 bridgehead atoms. The Morgan fingerprint density at radius 2 is 1.72 bits per heavy atom. The maximum absolute atomic E-state index is 13.0. The normalized spacial score (nSPS) is 10.1. The number of rotatable bonds is 2. The van der Waals surface area contributed by atoms with Crippen molar-refractivity contribution in [2.45, 2.75) is 0 Å². The van der Waals surface area contributed by atoms with E-state index in [2.05, 4.69) is 5.32 Å². The second-order valence-corrected chi connectivity index (χ2v) is 3.63. The zero-order valence-electron chi connectivity index (χ0n) is 9.15. The Balaban J connectivity index is 2.16. The van der Waals surface area contributed by atoms with Crippen LogP contribution in [0.4, 0.5) is 14.5 Å². The van der Waals surface area contributed by atoms with Crippen molar-refractivity contribution in [1.82, 2.24) is 0 Å². The monoisotopic (exact) mass is 249 g/mol. The molecule has 92 valence electrons. The van der Waals surface area contributed by atoms with Gasteiger partial charge >= 0.3 is 0 Å². The van der Waals surface area contributed by atoms with Crippen LogP contribution in [0.3, 0.4) is 0 Å². The standard InChI is InChI=1S/C13H9F2NO2/c14-9-3-1-8(2-4-9)13(18)16-10-5-6-12(17)11(15)7-10/h1-7,17H,(H,16,18). The molecule has 0 heterocycles. The molecule has 5 heteroatoms. The van der Waals surface area contributed by atoms with Crippen LogP contribution in [0.25, 0.3) is 0 Å². The van der Waals surface area contributed by atoms with Gasteiger partial charge in [-0.05, 0) is 36.4 Å². The third kappa shape index (κ3) is 2.63. The van der Waals surface area contributed by atoms with E-state index in [0.29, 0.717) is 0 Å². The van der Waals surface area contributed by atoms with Crippen LogP contribution in [0, 0.1) is 11.6 Å². The molecule has 2 aromatic rings. The van der Waals surface area contributed by atoms with E-state index in [-0.39, 0.29) is 11.3 Å². The maximum atomic E-state index is 13.0. The summed E-state index contributed by atoms with van der Waals surface area (Å²) >= 11 is 0. The molecule has 0 unspecified atom stereocenters. The summed E-state index contributed by atoms with van der Waals surface area (Å²) in [4.78, 5) is 11.7. The molecule has 0 aliphatic rings. The topological polar surface area (TPSA) is 49.3 Å². The lowest BCUT2D eigenvalue weighted by molar-refractivity contribution is 0.102. The Hall–Kier alpha value is -2.43. The Bertz CT molecular complexity index is 582. The second-order valence-electron chi connectivity index (χ2n) is 3.63. The quantitative estimate of drug-likeness (QED) is 0.804. The number of aromatic hydroxyl groups is 1. The van der Waals surface area contributed by atoms with E-state index in [9.17, 15) is 13.6 Å². The number of phenols is 1. The van der Waals surface area contributed by atoms with Crippen LogP contribution in [0.2, 0.25) is 0 Å². The molecule has 0 saturated heterocycles. The van der Waals surface area contributed by atoms with Crippen molar-refractivity contribution in [1.29, 1.82) is 0 Å². The fraction of sp³-hybridized carbons (Fsp3) is 0. The van der Waals surface area contributed by atoms with Gasteiger partial charge in [-0.2, -0.15) is 0 Å².